The largest absolute Gasteiger partial charge is 0.423 e. The Labute approximate surface area is 205 Å². The maximum absolute atomic E-state index is 12.8. The summed E-state index contributed by atoms with van der Waals surface area (Å²) in [6.45, 7) is 4.75. The molecule has 174 valence electrons. The van der Waals surface area contributed by atoms with Gasteiger partial charge in [-0.05, 0) is 60.7 Å². The highest BCUT2D eigenvalue weighted by Gasteiger charge is 2.25. The van der Waals surface area contributed by atoms with E-state index in [1.54, 1.807) is 53.8 Å². The molecule has 0 aliphatic heterocycles. The van der Waals surface area contributed by atoms with Crippen molar-refractivity contribution in [1.82, 2.24) is 0 Å². The van der Waals surface area contributed by atoms with E-state index in [1.807, 2.05) is 6.92 Å². The van der Waals surface area contributed by atoms with Crippen LogP contribution in [0.15, 0.2) is 70.5 Å². The molecule has 33 heavy (non-hydrogen) atoms. The number of benzene rings is 3. The van der Waals surface area contributed by atoms with E-state index in [9.17, 15) is 21.6 Å². The third kappa shape index (κ3) is 6.24. The summed E-state index contributed by atoms with van der Waals surface area (Å²) in [6.07, 6.45) is 0. The highest BCUT2D eigenvalue weighted by molar-refractivity contribution is 14.1. The second-order valence-corrected chi connectivity index (χ2v) is 11.3. The fraction of sp³-hybridized carbons (Fsp3) is 0.136. The Morgan fingerprint density at radius 1 is 0.697 bits per heavy atom. The Morgan fingerprint density at radius 3 is 1.55 bits per heavy atom. The molecule has 8 nitrogen and oxygen atoms in total. The molecule has 0 saturated carbocycles. The van der Waals surface area contributed by atoms with Gasteiger partial charge in [-0.25, -0.2) is 0 Å². The van der Waals surface area contributed by atoms with Crippen LogP contribution in [0.25, 0.3) is 0 Å². The fourth-order valence-electron chi connectivity index (χ4n) is 2.62. The van der Waals surface area contributed by atoms with Gasteiger partial charge in [0, 0.05) is 19.1 Å². The Balaban J connectivity index is 2.03. The number of esters is 1. The van der Waals surface area contributed by atoms with Gasteiger partial charge in [0.1, 0.15) is 9.79 Å². The lowest BCUT2D eigenvalue weighted by molar-refractivity contribution is -0.131. The molecule has 0 bridgehead atoms. The molecular formula is C22H19IO8S2. The summed E-state index contributed by atoms with van der Waals surface area (Å²) in [5.41, 5.74) is 1.71. The topological polar surface area (TPSA) is 113 Å². The lowest BCUT2D eigenvalue weighted by Gasteiger charge is -2.15. The van der Waals surface area contributed by atoms with Crippen molar-refractivity contribution in [3.05, 3.63) is 75.4 Å². The molecule has 0 aromatic heterocycles. The molecule has 0 amide bonds. The zero-order chi connectivity index (χ0) is 24.4. The monoisotopic (exact) mass is 602 g/mol. The van der Waals surface area contributed by atoms with Crippen molar-refractivity contribution in [3.63, 3.8) is 0 Å². The van der Waals surface area contributed by atoms with Gasteiger partial charge >= 0.3 is 26.2 Å². The van der Waals surface area contributed by atoms with E-state index in [0.29, 0.717) is 0 Å². The quantitative estimate of drug-likeness (QED) is 0.170. The average molecular weight is 602 g/mol. The molecule has 0 heterocycles. The van der Waals surface area contributed by atoms with Crippen molar-refractivity contribution >= 4 is 48.8 Å². The van der Waals surface area contributed by atoms with E-state index in [4.69, 9.17) is 13.1 Å². The highest BCUT2D eigenvalue weighted by atomic mass is 127. The van der Waals surface area contributed by atoms with Crippen LogP contribution in [0.3, 0.4) is 0 Å². The molecule has 0 N–H and O–H groups in total. The van der Waals surface area contributed by atoms with Gasteiger partial charge in [0.2, 0.25) is 0 Å². The van der Waals surface area contributed by atoms with Gasteiger partial charge in [0.15, 0.2) is 17.2 Å². The van der Waals surface area contributed by atoms with E-state index in [-0.39, 0.29) is 24.9 Å². The molecule has 0 radical (unpaired) electrons. The van der Waals surface area contributed by atoms with Crippen LogP contribution in [0, 0.1) is 17.4 Å². The average Bonchev–Trinajstić information content (AvgIpc) is 2.71. The molecule has 0 fully saturated rings. The fourth-order valence-corrected chi connectivity index (χ4v) is 5.19. The Kier molecular flexibility index (Phi) is 7.34. The summed E-state index contributed by atoms with van der Waals surface area (Å²) in [7, 11) is -8.54. The number of ether oxygens (including phenoxy) is 1. The zero-order valence-electron chi connectivity index (χ0n) is 17.7. The first kappa shape index (κ1) is 25.0. The molecule has 3 aromatic carbocycles. The Bertz CT molecular complexity index is 1400. The maximum Gasteiger partial charge on any atom is 0.339 e. The van der Waals surface area contributed by atoms with Crippen molar-refractivity contribution < 1.29 is 34.7 Å². The second kappa shape index (κ2) is 9.69. The van der Waals surface area contributed by atoms with Crippen molar-refractivity contribution in [3.8, 4) is 17.2 Å². The van der Waals surface area contributed by atoms with Crippen LogP contribution in [0.4, 0.5) is 0 Å². The van der Waals surface area contributed by atoms with Crippen LogP contribution in [0.2, 0.25) is 0 Å². The molecule has 0 aliphatic carbocycles. The minimum atomic E-state index is -4.32. The number of carbonyl (C=O) groups is 1. The molecule has 0 saturated heterocycles. The van der Waals surface area contributed by atoms with Gasteiger partial charge in [-0.1, -0.05) is 35.4 Å². The van der Waals surface area contributed by atoms with Gasteiger partial charge in [-0.15, -0.1) is 0 Å². The van der Waals surface area contributed by atoms with Gasteiger partial charge < -0.3 is 13.1 Å². The lowest BCUT2D eigenvalue weighted by atomic mass is 10.2. The third-order valence-corrected chi connectivity index (χ3v) is 7.61. The zero-order valence-corrected chi connectivity index (χ0v) is 21.5. The van der Waals surface area contributed by atoms with E-state index in [2.05, 4.69) is 0 Å². The summed E-state index contributed by atoms with van der Waals surface area (Å²) in [5, 5.41) is 0. The van der Waals surface area contributed by atoms with Crippen LogP contribution < -0.4 is 13.1 Å². The first-order valence-electron chi connectivity index (χ1n) is 9.42. The summed E-state index contributed by atoms with van der Waals surface area (Å²) in [6, 6.07) is 14.2. The number of aryl methyl sites for hydroxylation is 2. The van der Waals surface area contributed by atoms with Crippen LogP contribution in [-0.2, 0) is 25.0 Å². The lowest BCUT2D eigenvalue weighted by Crippen LogP contribution is -2.14. The second-order valence-electron chi connectivity index (χ2n) is 7.02. The number of rotatable bonds is 7. The van der Waals surface area contributed by atoms with E-state index in [0.717, 1.165) is 24.1 Å². The predicted octanol–water partition coefficient (Wildman–Crippen LogP) is 4.37. The highest BCUT2D eigenvalue weighted by Crippen LogP contribution is 2.38. The minimum absolute atomic E-state index is 0.0808. The summed E-state index contributed by atoms with van der Waals surface area (Å²) >= 11 is 1.78. The minimum Gasteiger partial charge on any atom is -0.423 e. The van der Waals surface area contributed by atoms with Crippen LogP contribution in [-0.4, -0.2) is 22.8 Å². The van der Waals surface area contributed by atoms with Gasteiger partial charge in [0.25, 0.3) is 0 Å². The number of carbonyl (C=O) groups excluding carboxylic acids is 1. The molecule has 0 atom stereocenters. The normalized spacial score (nSPS) is 11.6. The molecule has 0 spiro atoms. The van der Waals surface area contributed by atoms with E-state index >= 15 is 0 Å². The smallest absolute Gasteiger partial charge is 0.339 e. The van der Waals surface area contributed by atoms with Gasteiger partial charge in [-0.3, -0.25) is 4.79 Å². The van der Waals surface area contributed by atoms with Gasteiger partial charge in [0.05, 0.1) is 3.57 Å². The van der Waals surface area contributed by atoms with Crippen LogP contribution >= 0.6 is 22.6 Å². The van der Waals surface area contributed by atoms with Crippen LogP contribution in [0.5, 0.6) is 17.2 Å². The third-order valence-electron chi connectivity index (χ3n) is 4.27. The number of hydrogen-bond donors (Lipinski definition) is 0. The first-order chi connectivity index (χ1) is 15.4. The summed E-state index contributed by atoms with van der Waals surface area (Å²) < 4.78 is 66.7. The van der Waals surface area contributed by atoms with Crippen molar-refractivity contribution in [1.29, 1.82) is 0 Å². The van der Waals surface area contributed by atoms with Gasteiger partial charge in [-0.2, -0.15) is 16.8 Å². The molecule has 3 rings (SSSR count). The maximum atomic E-state index is 12.8. The Morgan fingerprint density at radius 2 is 1.12 bits per heavy atom. The SMILES string of the molecule is CC(=O)Oc1cc(I)c(OS(=O)(=O)c2ccc(C)cc2)cc1OS(=O)(=O)c1ccc(C)cc1. The predicted molar refractivity (Wildman–Crippen MR) is 128 cm³/mol. The molecule has 0 aliphatic rings. The molecular weight excluding hydrogens is 583 g/mol. The first-order valence-corrected chi connectivity index (χ1v) is 13.3. The number of hydrogen-bond acceptors (Lipinski definition) is 8. The summed E-state index contributed by atoms with van der Waals surface area (Å²) in [5.74, 6) is -1.52. The van der Waals surface area contributed by atoms with E-state index < -0.39 is 32.0 Å². The summed E-state index contributed by atoms with van der Waals surface area (Å²) in [4.78, 5) is 11.3. The molecule has 3 aromatic rings. The van der Waals surface area contributed by atoms with Crippen molar-refractivity contribution in [2.75, 3.05) is 0 Å². The Hall–Kier alpha value is -2.64. The molecule has 0 unspecified atom stereocenters. The van der Waals surface area contributed by atoms with Crippen molar-refractivity contribution in [2.24, 2.45) is 0 Å². The standard InChI is InChI=1S/C22H19IO8S2/c1-14-4-8-17(9-5-14)32(25,26)30-20-13-22(21(12-19(20)23)29-16(3)24)31-33(27,28)18-10-6-15(2)7-11-18/h4-13H,1-3H3. The van der Waals surface area contributed by atoms with Crippen molar-refractivity contribution in [2.45, 2.75) is 30.6 Å². The number of halogens is 1. The van der Waals surface area contributed by atoms with Crippen LogP contribution in [0.1, 0.15) is 18.1 Å². The van der Waals surface area contributed by atoms with E-state index in [1.165, 1.54) is 30.3 Å². The molecule has 11 heteroatoms.